The minimum Gasteiger partial charge on any atom is -0.290 e. The number of unbranched alkanes of at least 4 members (excludes halogenated alkanes) is 4. The number of allylic oxidation sites excluding steroid dienone is 4. The second kappa shape index (κ2) is 6.53. The molecule has 0 fully saturated rings. The van der Waals surface area contributed by atoms with Gasteiger partial charge in [-0.3, -0.25) is 9.59 Å². The van der Waals surface area contributed by atoms with E-state index in [1.165, 1.54) is 25.3 Å². The van der Waals surface area contributed by atoms with Gasteiger partial charge in [-0.15, -0.1) is 0 Å². The van der Waals surface area contributed by atoms with Crippen LogP contribution in [0, 0.1) is 0 Å². The molecule has 2 nitrogen and oxygen atoms in total. The number of carbonyl (C=O) groups excluding carboxylic acids is 2. The molecule has 0 unspecified atom stereocenters. The van der Waals surface area contributed by atoms with Gasteiger partial charge < -0.3 is 0 Å². The Morgan fingerprint density at radius 3 is 2.24 bits per heavy atom. The largest absolute Gasteiger partial charge is 0.290 e. The van der Waals surface area contributed by atoms with Crippen LogP contribution in [-0.2, 0) is 9.59 Å². The fraction of sp³-hybridized carbons (Fsp3) is 0.600. The quantitative estimate of drug-likeness (QED) is 0.518. The predicted molar refractivity (Wildman–Crippen MR) is 69.8 cm³/mol. The number of hydrogen-bond acceptors (Lipinski definition) is 2. The van der Waals surface area contributed by atoms with Crippen LogP contribution in [0.4, 0.5) is 0 Å². The maximum Gasteiger partial charge on any atom is 0.185 e. The molecule has 0 heterocycles. The fourth-order valence-electron chi connectivity index (χ4n) is 2.03. The molecule has 0 saturated carbocycles. The zero-order chi connectivity index (χ0) is 12.8. The molecule has 0 bridgehead atoms. The van der Waals surface area contributed by atoms with Gasteiger partial charge >= 0.3 is 0 Å². The Bertz CT molecular complexity index is 372. The molecule has 0 N–H and O–H groups in total. The molecule has 0 amide bonds. The van der Waals surface area contributed by atoms with Gasteiger partial charge in [0.1, 0.15) is 0 Å². The Labute approximate surface area is 104 Å². The minimum absolute atomic E-state index is 0.00524. The van der Waals surface area contributed by atoms with Crippen LogP contribution in [0.5, 0.6) is 0 Å². The number of Topliss-reactive ketones (excluding diaryl/α,β-unsaturated/α-hetero) is 1. The first kappa shape index (κ1) is 13.9. The Hall–Kier alpha value is -1.18. The fourth-order valence-corrected chi connectivity index (χ4v) is 2.03. The van der Waals surface area contributed by atoms with E-state index in [1.54, 1.807) is 13.8 Å². The molecule has 0 saturated heterocycles. The van der Waals surface area contributed by atoms with Crippen LogP contribution >= 0.6 is 0 Å². The van der Waals surface area contributed by atoms with Gasteiger partial charge in [-0.05, 0) is 32.8 Å². The Balaban J connectivity index is 2.48. The number of rotatable bonds is 6. The summed E-state index contributed by atoms with van der Waals surface area (Å²) in [6.45, 7) is 5.66. The first-order valence-corrected chi connectivity index (χ1v) is 6.55. The van der Waals surface area contributed by atoms with Crippen LogP contribution in [-0.4, -0.2) is 11.6 Å². The third-order valence-corrected chi connectivity index (χ3v) is 3.42. The molecule has 0 aromatic carbocycles. The Morgan fingerprint density at radius 2 is 1.59 bits per heavy atom. The molecular weight excluding hydrogens is 212 g/mol. The average molecular weight is 234 g/mol. The molecule has 0 radical (unpaired) electrons. The van der Waals surface area contributed by atoms with E-state index in [1.807, 2.05) is 0 Å². The molecule has 0 aromatic rings. The summed E-state index contributed by atoms with van der Waals surface area (Å²) in [6.07, 6.45) is 8.14. The molecule has 1 aliphatic rings. The van der Waals surface area contributed by atoms with E-state index >= 15 is 0 Å². The lowest BCUT2D eigenvalue weighted by Gasteiger charge is -2.14. The van der Waals surface area contributed by atoms with Crippen molar-refractivity contribution < 1.29 is 9.59 Å². The highest BCUT2D eigenvalue weighted by molar-refractivity contribution is 6.22. The highest BCUT2D eigenvalue weighted by Crippen LogP contribution is 2.22. The van der Waals surface area contributed by atoms with Gasteiger partial charge in [0, 0.05) is 16.7 Å². The summed E-state index contributed by atoms with van der Waals surface area (Å²) in [6, 6.07) is 0. The van der Waals surface area contributed by atoms with Gasteiger partial charge in [0.2, 0.25) is 0 Å². The van der Waals surface area contributed by atoms with E-state index in [0.29, 0.717) is 16.7 Å². The summed E-state index contributed by atoms with van der Waals surface area (Å²) >= 11 is 0. The van der Waals surface area contributed by atoms with Gasteiger partial charge in [0.05, 0.1) is 0 Å². The minimum atomic E-state index is 0.00524. The maximum atomic E-state index is 11.9. The van der Waals surface area contributed by atoms with Crippen LogP contribution in [0.25, 0.3) is 0 Å². The second-order valence-corrected chi connectivity index (χ2v) is 4.78. The summed E-state index contributed by atoms with van der Waals surface area (Å²) in [5.41, 5.74) is 1.93. The highest BCUT2D eigenvalue weighted by atomic mass is 16.1. The first-order chi connectivity index (χ1) is 8.07. The molecule has 1 rings (SSSR count). The summed E-state index contributed by atoms with van der Waals surface area (Å²) in [4.78, 5) is 23.5. The lowest BCUT2D eigenvalue weighted by molar-refractivity contribution is -0.116. The molecular formula is C15H22O2. The highest BCUT2D eigenvalue weighted by Gasteiger charge is 2.22. The zero-order valence-electron chi connectivity index (χ0n) is 11.1. The first-order valence-electron chi connectivity index (χ1n) is 6.55. The smallest absolute Gasteiger partial charge is 0.185 e. The van der Waals surface area contributed by atoms with Gasteiger partial charge in [-0.2, -0.15) is 0 Å². The van der Waals surface area contributed by atoms with E-state index in [0.717, 1.165) is 19.3 Å². The summed E-state index contributed by atoms with van der Waals surface area (Å²) in [5.74, 6) is 0.0725. The number of hydrogen-bond donors (Lipinski definition) is 0. The lowest BCUT2D eigenvalue weighted by atomic mass is 9.88. The second-order valence-electron chi connectivity index (χ2n) is 4.78. The van der Waals surface area contributed by atoms with Crippen molar-refractivity contribution in [2.45, 2.75) is 59.3 Å². The van der Waals surface area contributed by atoms with E-state index in [2.05, 4.69) is 6.92 Å². The monoisotopic (exact) mass is 234 g/mol. The summed E-state index contributed by atoms with van der Waals surface area (Å²) in [7, 11) is 0. The van der Waals surface area contributed by atoms with Crippen LogP contribution < -0.4 is 0 Å². The third-order valence-electron chi connectivity index (χ3n) is 3.42. The molecule has 1 aliphatic carbocycles. The molecule has 2 heteroatoms. The van der Waals surface area contributed by atoms with E-state index in [-0.39, 0.29) is 11.6 Å². The molecule has 0 atom stereocenters. The number of ketones is 2. The van der Waals surface area contributed by atoms with E-state index in [9.17, 15) is 9.59 Å². The summed E-state index contributed by atoms with van der Waals surface area (Å²) < 4.78 is 0. The number of carbonyl (C=O) groups is 2. The molecule has 17 heavy (non-hydrogen) atoms. The third kappa shape index (κ3) is 3.65. The standard InChI is InChI=1S/C15H22O2/c1-4-5-6-7-8-9-13-10-14(16)11(2)12(3)15(13)17/h10H,4-9H2,1-3H3. The lowest BCUT2D eigenvalue weighted by Crippen LogP contribution is -2.16. The Morgan fingerprint density at radius 1 is 0.941 bits per heavy atom. The summed E-state index contributed by atoms with van der Waals surface area (Å²) in [5, 5.41) is 0. The van der Waals surface area contributed by atoms with Gasteiger partial charge in [-0.25, -0.2) is 0 Å². The van der Waals surface area contributed by atoms with Crippen molar-refractivity contribution in [3.05, 3.63) is 22.8 Å². The SMILES string of the molecule is CCCCCCCC1=CC(=O)C(C)=C(C)C1=O. The predicted octanol–water partition coefficient (Wildman–Crippen LogP) is 3.76. The van der Waals surface area contributed by atoms with Crippen molar-refractivity contribution in [3.8, 4) is 0 Å². The normalized spacial score (nSPS) is 16.5. The van der Waals surface area contributed by atoms with Crippen molar-refractivity contribution >= 4 is 11.6 Å². The maximum absolute atomic E-state index is 11.9. The molecule has 0 spiro atoms. The van der Waals surface area contributed by atoms with Crippen LogP contribution in [0.1, 0.15) is 59.3 Å². The van der Waals surface area contributed by atoms with Crippen LogP contribution in [0.3, 0.4) is 0 Å². The molecule has 94 valence electrons. The van der Waals surface area contributed by atoms with Crippen molar-refractivity contribution in [1.82, 2.24) is 0 Å². The van der Waals surface area contributed by atoms with Crippen molar-refractivity contribution in [3.63, 3.8) is 0 Å². The van der Waals surface area contributed by atoms with Gasteiger partial charge in [0.25, 0.3) is 0 Å². The van der Waals surface area contributed by atoms with Crippen LogP contribution in [0.15, 0.2) is 22.8 Å². The van der Waals surface area contributed by atoms with Gasteiger partial charge in [-0.1, -0.05) is 32.6 Å². The van der Waals surface area contributed by atoms with E-state index < -0.39 is 0 Å². The van der Waals surface area contributed by atoms with Crippen molar-refractivity contribution in [1.29, 1.82) is 0 Å². The van der Waals surface area contributed by atoms with Crippen molar-refractivity contribution in [2.75, 3.05) is 0 Å². The van der Waals surface area contributed by atoms with E-state index in [4.69, 9.17) is 0 Å². The molecule has 0 aliphatic heterocycles. The van der Waals surface area contributed by atoms with Gasteiger partial charge in [0.15, 0.2) is 11.6 Å². The average Bonchev–Trinajstić information content (AvgIpc) is 2.32. The van der Waals surface area contributed by atoms with Crippen LogP contribution in [0.2, 0.25) is 0 Å². The topological polar surface area (TPSA) is 34.1 Å². The molecule has 0 aromatic heterocycles. The van der Waals surface area contributed by atoms with Crippen molar-refractivity contribution in [2.24, 2.45) is 0 Å². The Kier molecular flexibility index (Phi) is 5.33. The zero-order valence-corrected chi connectivity index (χ0v) is 11.1.